The predicted octanol–water partition coefficient (Wildman–Crippen LogP) is 4.76. The number of carbonyl (C=O) groups is 2. The van der Waals surface area contributed by atoms with Crippen LogP contribution >= 0.6 is 0 Å². The molecule has 2 N–H and O–H groups in total. The second kappa shape index (κ2) is 10.0. The predicted molar refractivity (Wildman–Crippen MR) is 125 cm³/mol. The summed E-state index contributed by atoms with van der Waals surface area (Å²) in [5, 5.41) is 37.4. The minimum Gasteiger partial charge on any atom is -0.478 e. The lowest BCUT2D eigenvalue weighted by molar-refractivity contribution is 0.0686. The smallest absolute Gasteiger partial charge is 0.335 e. The minimum atomic E-state index is -1.07. The van der Waals surface area contributed by atoms with Crippen LogP contribution in [0.5, 0.6) is 5.75 Å². The first-order valence-corrected chi connectivity index (χ1v) is 9.99. The number of fused-ring (bicyclic) bond motifs is 1. The Morgan fingerprint density at radius 3 is 2.15 bits per heavy atom. The Bertz CT molecular complexity index is 1370. The highest BCUT2D eigenvalue weighted by molar-refractivity contribution is 5.91. The van der Waals surface area contributed by atoms with Crippen molar-refractivity contribution < 1.29 is 24.5 Å². The Morgan fingerprint density at radius 1 is 0.941 bits per heavy atom. The molecule has 1 aliphatic rings. The van der Waals surface area contributed by atoms with Gasteiger partial charge >= 0.3 is 11.9 Å². The Morgan fingerprint density at radius 2 is 1.56 bits per heavy atom. The minimum absolute atomic E-state index is 0.101. The van der Waals surface area contributed by atoms with Gasteiger partial charge in [-0.25, -0.2) is 9.59 Å². The van der Waals surface area contributed by atoms with E-state index in [4.69, 9.17) is 9.84 Å². The van der Waals surface area contributed by atoms with Gasteiger partial charge in [0, 0.05) is 18.2 Å². The first-order chi connectivity index (χ1) is 16.3. The summed E-state index contributed by atoms with van der Waals surface area (Å²) in [6, 6.07) is 14.6. The molecule has 2 aromatic carbocycles. The Labute approximate surface area is 195 Å². The van der Waals surface area contributed by atoms with Gasteiger partial charge in [-0.05, 0) is 55.0 Å². The molecule has 8 heteroatoms. The van der Waals surface area contributed by atoms with Crippen LogP contribution in [0.2, 0.25) is 0 Å². The lowest BCUT2D eigenvalue weighted by Crippen LogP contribution is -2.13. The third-order valence-electron chi connectivity index (χ3n) is 5.08. The van der Waals surface area contributed by atoms with E-state index in [1.807, 2.05) is 6.07 Å². The molecule has 0 atom stereocenters. The zero-order valence-corrected chi connectivity index (χ0v) is 18.3. The van der Waals surface area contributed by atoms with Gasteiger partial charge in [-0.15, -0.1) is 0 Å². The van der Waals surface area contributed by atoms with Gasteiger partial charge < -0.3 is 19.8 Å². The van der Waals surface area contributed by atoms with Gasteiger partial charge in [-0.3, -0.25) is 0 Å². The fourth-order valence-electron chi connectivity index (χ4n) is 3.32. The molecule has 1 aliphatic heterocycles. The highest BCUT2D eigenvalue weighted by Crippen LogP contribution is 2.38. The molecule has 3 rings (SSSR count). The number of rotatable bonds is 6. The summed E-state index contributed by atoms with van der Waals surface area (Å²) in [5.41, 5.74) is 2.36. The van der Waals surface area contributed by atoms with Gasteiger partial charge in [0.15, 0.2) is 11.6 Å². The summed E-state index contributed by atoms with van der Waals surface area (Å²) in [6.07, 6.45) is 6.47. The molecule has 0 bridgehead atoms. The molecule has 8 nitrogen and oxygen atoms in total. The normalized spacial score (nSPS) is 14.8. The van der Waals surface area contributed by atoms with Crippen molar-refractivity contribution in [2.24, 2.45) is 0 Å². The van der Waals surface area contributed by atoms with Crippen LogP contribution in [0.4, 0.5) is 5.69 Å². The van der Waals surface area contributed by atoms with Crippen molar-refractivity contribution in [3.8, 4) is 17.9 Å². The Balaban J connectivity index is 1.87. The van der Waals surface area contributed by atoms with E-state index < -0.39 is 11.9 Å². The summed E-state index contributed by atoms with van der Waals surface area (Å²) in [7, 11) is 1.74. The number of aromatic carboxylic acids is 2. The third-order valence-corrected chi connectivity index (χ3v) is 5.08. The number of hydrogen-bond acceptors (Lipinski definition) is 6. The molecule has 0 aromatic heterocycles. The zero-order chi connectivity index (χ0) is 24.8. The summed E-state index contributed by atoms with van der Waals surface area (Å²) in [6.45, 7) is 1.58. The molecular formula is C26H19N3O5. The fourth-order valence-corrected chi connectivity index (χ4v) is 3.32. The molecule has 0 radical (unpaired) electrons. The maximum absolute atomic E-state index is 11.2. The van der Waals surface area contributed by atoms with Crippen molar-refractivity contribution in [1.82, 2.24) is 0 Å². The van der Waals surface area contributed by atoms with E-state index in [1.54, 1.807) is 61.4 Å². The van der Waals surface area contributed by atoms with Crippen molar-refractivity contribution >= 4 is 23.2 Å². The molecule has 34 heavy (non-hydrogen) atoms. The van der Waals surface area contributed by atoms with E-state index in [2.05, 4.69) is 6.07 Å². The van der Waals surface area contributed by atoms with Gasteiger partial charge in [0.1, 0.15) is 0 Å². The van der Waals surface area contributed by atoms with Crippen LogP contribution in [0.25, 0.3) is 5.57 Å². The Kier molecular flexibility index (Phi) is 6.95. The molecule has 0 unspecified atom stereocenters. The molecule has 168 valence electrons. The average Bonchev–Trinajstić information content (AvgIpc) is 3.15. The highest BCUT2D eigenvalue weighted by atomic mass is 16.5. The number of nitrogens with zero attached hydrogens (tertiary/aromatic N) is 3. The van der Waals surface area contributed by atoms with E-state index in [0.29, 0.717) is 34.0 Å². The zero-order valence-electron chi connectivity index (χ0n) is 18.3. The summed E-state index contributed by atoms with van der Waals surface area (Å²) < 4.78 is 5.75. The molecule has 2 aromatic rings. The monoisotopic (exact) mass is 453 g/mol. The maximum Gasteiger partial charge on any atom is 0.335 e. The average molecular weight is 453 g/mol. The molecule has 0 saturated heterocycles. The molecule has 0 spiro atoms. The summed E-state index contributed by atoms with van der Waals surface area (Å²) >= 11 is 0. The van der Waals surface area contributed by atoms with Crippen molar-refractivity contribution in [3.63, 3.8) is 0 Å². The number of carboxylic acids is 2. The van der Waals surface area contributed by atoms with Gasteiger partial charge in [0.2, 0.25) is 0 Å². The van der Waals surface area contributed by atoms with Crippen LogP contribution in [-0.2, 0) is 0 Å². The van der Waals surface area contributed by atoms with E-state index in [9.17, 15) is 25.2 Å². The van der Waals surface area contributed by atoms with Gasteiger partial charge in [-0.1, -0.05) is 24.3 Å². The number of benzene rings is 2. The maximum atomic E-state index is 11.2. The van der Waals surface area contributed by atoms with Crippen molar-refractivity contribution in [3.05, 3.63) is 100 Å². The number of nitriles is 2. The van der Waals surface area contributed by atoms with Crippen LogP contribution in [-0.4, -0.2) is 29.2 Å². The molecule has 0 fully saturated rings. The van der Waals surface area contributed by atoms with Gasteiger partial charge in [0.05, 0.1) is 34.5 Å². The molecular weight excluding hydrogens is 434 g/mol. The fraction of sp³-hybridized carbons (Fsp3) is 0.0769. The van der Waals surface area contributed by atoms with Gasteiger partial charge in [-0.2, -0.15) is 10.5 Å². The third kappa shape index (κ3) is 4.87. The first-order valence-electron chi connectivity index (χ1n) is 9.99. The Hall–Kier alpha value is -5.08. The standard InChI is InChI=1S/C26H19N3O5/c1-16(14-27)24(17-7-9-18(10-8-17)25(30)31)20(15-28)5-3-4-6-23-29(2)21-13-19(26(32)33)11-12-22(21)34-23/h3-13H,1-2H3,(H,30,31)(H,32,33). The van der Waals surface area contributed by atoms with Crippen molar-refractivity contribution in [1.29, 1.82) is 10.5 Å². The number of hydrogen-bond donors (Lipinski definition) is 2. The van der Waals surface area contributed by atoms with E-state index in [-0.39, 0.29) is 16.7 Å². The quantitative estimate of drug-likeness (QED) is 0.472. The van der Waals surface area contributed by atoms with Crippen LogP contribution < -0.4 is 9.64 Å². The van der Waals surface area contributed by atoms with E-state index >= 15 is 0 Å². The second-order valence-electron chi connectivity index (χ2n) is 7.22. The van der Waals surface area contributed by atoms with E-state index in [1.165, 1.54) is 24.3 Å². The summed E-state index contributed by atoms with van der Waals surface area (Å²) in [5.74, 6) is -1.10. The van der Waals surface area contributed by atoms with Crippen LogP contribution in [0.1, 0.15) is 33.2 Å². The molecule has 1 heterocycles. The first kappa shape index (κ1) is 23.6. The van der Waals surface area contributed by atoms with Crippen molar-refractivity contribution in [2.75, 3.05) is 11.9 Å². The van der Waals surface area contributed by atoms with Gasteiger partial charge in [0.25, 0.3) is 0 Å². The van der Waals surface area contributed by atoms with Crippen LogP contribution in [0.3, 0.4) is 0 Å². The number of allylic oxidation sites excluding steroid dienone is 7. The highest BCUT2D eigenvalue weighted by Gasteiger charge is 2.23. The molecule has 0 saturated carbocycles. The number of ether oxygens (including phenoxy) is 1. The van der Waals surface area contributed by atoms with Crippen LogP contribution in [0, 0.1) is 22.7 Å². The van der Waals surface area contributed by atoms with E-state index in [0.717, 1.165) is 0 Å². The number of carboxylic acid groups (broad SMARTS) is 2. The lowest BCUT2D eigenvalue weighted by Gasteiger charge is -2.10. The van der Waals surface area contributed by atoms with Crippen molar-refractivity contribution in [2.45, 2.75) is 6.92 Å². The summed E-state index contributed by atoms with van der Waals surface area (Å²) in [4.78, 5) is 24.0. The topological polar surface area (TPSA) is 135 Å². The van der Waals surface area contributed by atoms with Crippen LogP contribution in [0.15, 0.2) is 83.8 Å². The second-order valence-corrected chi connectivity index (χ2v) is 7.22. The largest absolute Gasteiger partial charge is 0.478 e. The SMILES string of the molecule is CC(C#N)=C(C(C#N)=CC=CC=C1Oc2ccc(C(=O)O)cc2N1C)c1ccc(C(=O)O)cc1. The number of anilines is 1. The molecule has 0 amide bonds. The lowest BCUT2D eigenvalue weighted by atomic mass is 9.93. The molecule has 0 aliphatic carbocycles.